The number of anilines is 1. The maximum Gasteiger partial charge on any atom is 0.325 e. The summed E-state index contributed by atoms with van der Waals surface area (Å²) in [6.07, 6.45) is 3.34. The second-order valence-corrected chi connectivity index (χ2v) is 7.59. The van der Waals surface area contributed by atoms with Crippen LogP contribution < -0.4 is 10.6 Å². The van der Waals surface area contributed by atoms with E-state index in [9.17, 15) is 24.0 Å². The molecule has 1 aromatic rings. The molecular formula is C21H25N3O6. The number of esters is 1. The summed E-state index contributed by atoms with van der Waals surface area (Å²) in [5.74, 6) is -1.58. The van der Waals surface area contributed by atoms with Crippen LogP contribution in [0.25, 0.3) is 0 Å². The molecule has 0 aromatic heterocycles. The molecule has 1 saturated carbocycles. The Labute approximate surface area is 174 Å². The Hall–Kier alpha value is -3.23. The standard InChI is InChI=1S/C21H25N3O6/c1-14(25)15-7-2-3-8-16(15)22-17(26)13-30-18(27)9-6-12-24-19(28)21(23-20(24)29)10-4-5-11-21/h2-3,7-8H,4-6,9-13H2,1H3,(H,22,26)(H,23,29). The predicted octanol–water partition coefficient (Wildman–Crippen LogP) is 2.02. The third kappa shape index (κ3) is 4.67. The lowest BCUT2D eigenvalue weighted by molar-refractivity contribution is -0.147. The summed E-state index contributed by atoms with van der Waals surface area (Å²) in [7, 11) is 0. The Morgan fingerprint density at radius 3 is 2.57 bits per heavy atom. The van der Waals surface area contributed by atoms with Crippen molar-refractivity contribution in [2.24, 2.45) is 0 Å². The first-order chi connectivity index (χ1) is 14.3. The maximum absolute atomic E-state index is 12.5. The van der Waals surface area contributed by atoms with E-state index in [1.54, 1.807) is 24.3 Å². The van der Waals surface area contributed by atoms with Gasteiger partial charge in [0.25, 0.3) is 11.8 Å². The van der Waals surface area contributed by atoms with Crippen LogP contribution in [-0.4, -0.2) is 53.2 Å². The lowest BCUT2D eigenvalue weighted by atomic mass is 9.98. The Morgan fingerprint density at radius 1 is 1.17 bits per heavy atom. The molecule has 0 atom stereocenters. The van der Waals surface area contributed by atoms with E-state index in [4.69, 9.17) is 4.74 Å². The molecule has 0 unspecified atom stereocenters. The SMILES string of the molecule is CC(=O)c1ccccc1NC(=O)COC(=O)CCCN1C(=O)NC2(CCCC2)C1=O. The fraction of sp³-hybridized carbons (Fsp3) is 0.476. The van der Waals surface area contributed by atoms with E-state index in [1.807, 2.05) is 0 Å². The number of hydrogen-bond donors (Lipinski definition) is 2. The molecule has 0 radical (unpaired) electrons. The van der Waals surface area contributed by atoms with Crippen LogP contribution >= 0.6 is 0 Å². The van der Waals surface area contributed by atoms with Crippen molar-refractivity contribution in [3.63, 3.8) is 0 Å². The maximum atomic E-state index is 12.5. The van der Waals surface area contributed by atoms with Crippen LogP contribution in [0, 0.1) is 0 Å². The third-order valence-electron chi connectivity index (χ3n) is 5.41. The van der Waals surface area contributed by atoms with Gasteiger partial charge in [0.1, 0.15) is 5.54 Å². The van der Waals surface area contributed by atoms with Crippen LogP contribution in [0.1, 0.15) is 55.8 Å². The van der Waals surface area contributed by atoms with Gasteiger partial charge in [0.15, 0.2) is 12.4 Å². The zero-order valence-corrected chi connectivity index (χ0v) is 16.9. The molecule has 2 N–H and O–H groups in total. The van der Waals surface area contributed by atoms with E-state index in [1.165, 1.54) is 6.92 Å². The van der Waals surface area contributed by atoms with E-state index in [-0.39, 0.29) is 31.1 Å². The minimum atomic E-state index is -0.758. The monoisotopic (exact) mass is 415 g/mol. The van der Waals surface area contributed by atoms with Crippen molar-refractivity contribution >= 4 is 35.3 Å². The lowest BCUT2D eigenvalue weighted by Crippen LogP contribution is -2.44. The van der Waals surface area contributed by atoms with E-state index >= 15 is 0 Å². The topological polar surface area (TPSA) is 122 Å². The Bertz CT molecular complexity index is 875. The zero-order valence-electron chi connectivity index (χ0n) is 16.9. The molecule has 9 nitrogen and oxygen atoms in total. The second kappa shape index (κ2) is 9.06. The van der Waals surface area contributed by atoms with Gasteiger partial charge in [-0.25, -0.2) is 4.79 Å². The fourth-order valence-corrected chi connectivity index (χ4v) is 3.88. The van der Waals surface area contributed by atoms with Gasteiger partial charge in [-0.2, -0.15) is 0 Å². The predicted molar refractivity (Wildman–Crippen MR) is 107 cm³/mol. The molecule has 1 aliphatic heterocycles. The number of urea groups is 1. The number of nitrogens with one attached hydrogen (secondary N) is 2. The molecule has 9 heteroatoms. The van der Waals surface area contributed by atoms with Crippen molar-refractivity contribution in [2.75, 3.05) is 18.5 Å². The van der Waals surface area contributed by atoms with Crippen molar-refractivity contribution in [1.29, 1.82) is 0 Å². The van der Waals surface area contributed by atoms with Crippen molar-refractivity contribution in [2.45, 2.75) is 51.0 Å². The molecule has 30 heavy (non-hydrogen) atoms. The van der Waals surface area contributed by atoms with Gasteiger partial charge in [0.05, 0.1) is 5.69 Å². The van der Waals surface area contributed by atoms with E-state index < -0.39 is 30.1 Å². The molecule has 2 aliphatic rings. The zero-order chi connectivity index (χ0) is 21.7. The lowest BCUT2D eigenvalue weighted by Gasteiger charge is -2.19. The number of para-hydroxylation sites is 1. The van der Waals surface area contributed by atoms with Gasteiger partial charge < -0.3 is 15.4 Å². The smallest absolute Gasteiger partial charge is 0.325 e. The van der Waals surface area contributed by atoms with Gasteiger partial charge in [-0.15, -0.1) is 0 Å². The number of benzene rings is 1. The van der Waals surface area contributed by atoms with Gasteiger partial charge in [-0.1, -0.05) is 25.0 Å². The summed E-state index contributed by atoms with van der Waals surface area (Å²) in [6, 6.07) is 6.13. The first kappa shape index (κ1) is 21.5. The van der Waals surface area contributed by atoms with Crippen molar-refractivity contribution in [3.8, 4) is 0 Å². The van der Waals surface area contributed by atoms with Crippen LogP contribution in [0.3, 0.4) is 0 Å². The van der Waals surface area contributed by atoms with Gasteiger partial charge in [0.2, 0.25) is 0 Å². The fourth-order valence-electron chi connectivity index (χ4n) is 3.88. The number of rotatable bonds is 8. The number of imide groups is 1. The number of carbonyl (C=O) groups is 5. The van der Waals surface area contributed by atoms with Crippen LogP contribution in [0.5, 0.6) is 0 Å². The second-order valence-electron chi connectivity index (χ2n) is 7.59. The molecule has 1 saturated heterocycles. The Kier molecular flexibility index (Phi) is 6.49. The average molecular weight is 415 g/mol. The van der Waals surface area contributed by atoms with Gasteiger partial charge in [-0.05, 0) is 38.3 Å². The van der Waals surface area contributed by atoms with Crippen molar-refractivity contribution in [3.05, 3.63) is 29.8 Å². The molecule has 0 bridgehead atoms. The molecule has 1 aliphatic carbocycles. The summed E-state index contributed by atoms with van der Waals surface area (Å²) in [4.78, 5) is 61.2. The minimum Gasteiger partial charge on any atom is -0.456 e. The van der Waals surface area contributed by atoms with Crippen LogP contribution in [0.15, 0.2) is 24.3 Å². The highest BCUT2D eigenvalue weighted by Gasteiger charge is 2.52. The molecule has 2 fully saturated rings. The van der Waals surface area contributed by atoms with E-state index in [0.717, 1.165) is 17.7 Å². The summed E-state index contributed by atoms with van der Waals surface area (Å²) in [5.41, 5.74) is -0.0394. The van der Waals surface area contributed by atoms with Crippen LogP contribution in [0.2, 0.25) is 0 Å². The molecule has 3 rings (SSSR count). The molecule has 4 amide bonds. The molecular weight excluding hydrogens is 390 g/mol. The summed E-state index contributed by atoms with van der Waals surface area (Å²) in [6.45, 7) is 1.03. The largest absolute Gasteiger partial charge is 0.456 e. The summed E-state index contributed by atoms with van der Waals surface area (Å²) >= 11 is 0. The molecule has 1 spiro atoms. The highest BCUT2D eigenvalue weighted by atomic mass is 16.5. The van der Waals surface area contributed by atoms with Crippen LogP contribution in [0.4, 0.5) is 10.5 Å². The number of ether oxygens (including phenoxy) is 1. The molecule has 1 heterocycles. The minimum absolute atomic E-state index is 0.0264. The first-order valence-corrected chi connectivity index (χ1v) is 10.0. The van der Waals surface area contributed by atoms with Crippen LogP contribution in [-0.2, 0) is 19.1 Å². The number of hydrogen-bond acceptors (Lipinski definition) is 6. The van der Waals surface area contributed by atoms with Crippen molar-refractivity contribution < 1.29 is 28.7 Å². The number of amides is 4. The highest BCUT2D eigenvalue weighted by molar-refractivity contribution is 6.07. The normalized spacial score (nSPS) is 17.2. The number of nitrogens with zero attached hydrogens (tertiary/aromatic N) is 1. The summed E-state index contributed by atoms with van der Waals surface area (Å²) in [5, 5.41) is 5.33. The van der Waals surface area contributed by atoms with E-state index in [2.05, 4.69) is 10.6 Å². The highest BCUT2D eigenvalue weighted by Crippen LogP contribution is 2.35. The van der Waals surface area contributed by atoms with E-state index in [0.29, 0.717) is 24.1 Å². The third-order valence-corrected chi connectivity index (χ3v) is 5.41. The quantitative estimate of drug-likeness (QED) is 0.381. The summed E-state index contributed by atoms with van der Waals surface area (Å²) < 4.78 is 4.95. The number of carbonyl (C=O) groups excluding carboxylic acids is 5. The Balaban J connectivity index is 1.40. The van der Waals surface area contributed by atoms with Crippen molar-refractivity contribution in [1.82, 2.24) is 10.2 Å². The first-order valence-electron chi connectivity index (χ1n) is 10.0. The molecule has 160 valence electrons. The number of Topliss-reactive ketones (excluding diaryl/α,β-unsaturated/α-hetero) is 1. The van der Waals surface area contributed by atoms with Gasteiger partial charge in [0, 0.05) is 18.5 Å². The molecule has 1 aromatic carbocycles. The average Bonchev–Trinajstić information content (AvgIpc) is 3.27. The number of ketones is 1. The Morgan fingerprint density at radius 2 is 1.87 bits per heavy atom. The van der Waals surface area contributed by atoms with Gasteiger partial charge >= 0.3 is 12.0 Å². The van der Waals surface area contributed by atoms with Gasteiger partial charge in [-0.3, -0.25) is 24.1 Å².